The van der Waals surface area contributed by atoms with Crippen LogP contribution in [0.3, 0.4) is 0 Å². The Kier molecular flexibility index (Phi) is 4.98. The molecule has 1 aliphatic rings. The molecule has 98 valence electrons. The minimum atomic E-state index is -0.694. The molecule has 1 fully saturated rings. The van der Waals surface area contributed by atoms with Crippen LogP contribution in [0.25, 0.3) is 0 Å². The number of hydrogen-bond donors (Lipinski definition) is 1. The van der Waals surface area contributed by atoms with Gasteiger partial charge in [-0.15, -0.1) is 0 Å². The van der Waals surface area contributed by atoms with E-state index in [0.717, 1.165) is 21.8 Å². The van der Waals surface area contributed by atoms with Gasteiger partial charge in [-0.1, -0.05) is 15.9 Å². The van der Waals surface area contributed by atoms with Crippen LogP contribution in [0, 0.1) is 0 Å². The van der Waals surface area contributed by atoms with E-state index >= 15 is 0 Å². The van der Waals surface area contributed by atoms with Crippen molar-refractivity contribution in [3.05, 3.63) is 32.7 Å². The summed E-state index contributed by atoms with van der Waals surface area (Å²) in [4.78, 5) is 12.1. The quantitative estimate of drug-likeness (QED) is 0.838. The molecule has 0 radical (unpaired) electrons. The first-order valence-electron chi connectivity index (χ1n) is 5.67. The minimum Gasteiger partial charge on any atom is -0.349 e. The average molecular weight is 395 g/mol. The molecular weight excluding hydrogens is 382 g/mol. The van der Waals surface area contributed by atoms with Crippen molar-refractivity contribution in [3.63, 3.8) is 0 Å². The fourth-order valence-electron chi connectivity index (χ4n) is 1.87. The number of benzene rings is 1. The fraction of sp³-hybridized carbons (Fsp3) is 0.417. The summed E-state index contributed by atoms with van der Waals surface area (Å²) >= 11 is 6.74. The molecule has 2 rings (SSSR count). The van der Waals surface area contributed by atoms with Gasteiger partial charge in [0.2, 0.25) is 0 Å². The Morgan fingerprint density at radius 1 is 1.28 bits per heavy atom. The highest BCUT2D eigenvalue weighted by molar-refractivity contribution is 9.11. The lowest BCUT2D eigenvalue weighted by molar-refractivity contribution is 0.0934. The number of carbonyl (C=O) groups excluding carboxylic acids is 1. The second-order valence-corrected chi connectivity index (χ2v) is 7.69. The second-order valence-electron chi connectivity index (χ2n) is 4.22. The smallest absolute Gasteiger partial charge is 0.252 e. The highest BCUT2D eigenvalue weighted by Gasteiger charge is 2.20. The van der Waals surface area contributed by atoms with E-state index in [1.807, 2.05) is 12.1 Å². The van der Waals surface area contributed by atoms with Crippen molar-refractivity contribution in [1.29, 1.82) is 0 Å². The maximum absolute atomic E-state index is 12.1. The molecule has 0 aliphatic carbocycles. The summed E-state index contributed by atoms with van der Waals surface area (Å²) in [5, 5.41) is 3.00. The minimum absolute atomic E-state index is 0.0768. The molecule has 1 aliphatic heterocycles. The van der Waals surface area contributed by atoms with E-state index in [1.165, 1.54) is 0 Å². The first-order chi connectivity index (χ1) is 8.56. The SMILES string of the molecule is O=C(NC1CCS(=O)CC1)c1ccc(Br)cc1Br. The fourth-order valence-corrected chi connectivity index (χ4v) is 4.40. The average Bonchev–Trinajstić information content (AvgIpc) is 2.32. The Balaban J connectivity index is 2.01. The maximum Gasteiger partial charge on any atom is 0.252 e. The zero-order valence-electron chi connectivity index (χ0n) is 9.62. The predicted molar refractivity (Wildman–Crippen MR) is 80.2 cm³/mol. The van der Waals surface area contributed by atoms with Crippen molar-refractivity contribution in [1.82, 2.24) is 5.32 Å². The Hall–Kier alpha value is -0.200. The lowest BCUT2D eigenvalue weighted by atomic mass is 10.1. The third-order valence-electron chi connectivity index (χ3n) is 2.90. The van der Waals surface area contributed by atoms with Crippen LogP contribution >= 0.6 is 31.9 Å². The van der Waals surface area contributed by atoms with Crippen LogP contribution in [0.4, 0.5) is 0 Å². The predicted octanol–water partition coefficient (Wildman–Crippen LogP) is 2.85. The summed E-state index contributed by atoms with van der Waals surface area (Å²) in [7, 11) is -0.694. The zero-order valence-corrected chi connectivity index (χ0v) is 13.6. The molecule has 1 aromatic carbocycles. The monoisotopic (exact) mass is 393 g/mol. The van der Waals surface area contributed by atoms with Gasteiger partial charge in [0.05, 0.1) is 5.56 Å². The molecule has 0 spiro atoms. The summed E-state index contributed by atoms with van der Waals surface area (Å²) in [6.07, 6.45) is 1.60. The Morgan fingerprint density at radius 2 is 1.94 bits per heavy atom. The molecule has 6 heteroatoms. The lowest BCUT2D eigenvalue weighted by Gasteiger charge is -2.22. The van der Waals surface area contributed by atoms with Gasteiger partial charge in [-0.3, -0.25) is 9.00 Å². The highest BCUT2D eigenvalue weighted by atomic mass is 79.9. The molecule has 0 unspecified atom stereocenters. The van der Waals surface area contributed by atoms with E-state index in [2.05, 4.69) is 37.2 Å². The van der Waals surface area contributed by atoms with E-state index < -0.39 is 10.8 Å². The number of hydrogen-bond acceptors (Lipinski definition) is 2. The zero-order chi connectivity index (χ0) is 13.1. The van der Waals surface area contributed by atoms with Crippen LogP contribution in [0.5, 0.6) is 0 Å². The molecule has 3 nitrogen and oxygen atoms in total. The Labute approximate surface area is 125 Å². The number of nitrogens with one attached hydrogen (secondary N) is 1. The normalized spacial score (nSPS) is 23.7. The van der Waals surface area contributed by atoms with Gasteiger partial charge in [-0.05, 0) is 47.0 Å². The summed E-state index contributed by atoms with van der Waals surface area (Å²) in [5.74, 6) is 1.30. The molecule has 1 N–H and O–H groups in total. The van der Waals surface area contributed by atoms with Crippen LogP contribution in [0.2, 0.25) is 0 Å². The molecule has 0 bridgehead atoms. The van der Waals surface area contributed by atoms with Crippen LogP contribution in [0.1, 0.15) is 23.2 Å². The van der Waals surface area contributed by atoms with Crippen molar-refractivity contribution >= 4 is 48.6 Å². The maximum atomic E-state index is 12.1. The number of halogens is 2. The molecular formula is C12H13Br2NO2S. The number of carbonyl (C=O) groups is 1. The van der Waals surface area contributed by atoms with Gasteiger partial charge in [0.1, 0.15) is 0 Å². The standard InChI is InChI=1S/C12H13Br2NO2S/c13-8-1-2-10(11(14)7-8)12(16)15-9-3-5-18(17)6-4-9/h1-2,7,9H,3-6H2,(H,15,16). The summed E-state index contributed by atoms with van der Waals surface area (Å²) in [5.41, 5.74) is 0.630. The molecule has 0 saturated carbocycles. The van der Waals surface area contributed by atoms with Gasteiger partial charge in [-0.2, -0.15) is 0 Å². The third-order valence-corrected chi connectivity index (χ3v) is 5.43. The van der Waals surface area contributed by atoms with Gasteiger partial charge in [-0.25, -0.2) is 0 Å². The molecule has 0 atom stereocenters. The third kappa shape index (κ3) is 3.65. The van der Waals surface area contributed by atoms with Gasteiger partial charge in [0.15, 0.2) is 0 Å². The van der Waals surface area contributed by atoms with Gasteiger partial charge in [0, 0.05) is 37.3 Å². The molecule has 1 saturated heterocycles. The first kappa shape index (κ1) is 14.2. The van der Waals surface area contributed by atoms with Crippen LogP contribution in [-0.2, 0) is 10.8 Å². The van der Waals surface area contributed by atoms with E-state index in [9.17, 15) is 9.00 Å². The number of rotatable bonds is 2. The van der Waals surface area contributed by atoms with Crippen molar-refractivity contribution < 1.29 is 9.00 Å². The van der Waals surface area contributed by atoms with Crippen molar-refractivity contribution in [3.8, 4) is 0 Å². The Morgan fingerprint density at radius 3 is 2.56 bits per heavy atom. The Bertz CT molecular complexity index is 483. The van der Waals surface area contributed by atoms with Crippen LogP contribution in [0.15, 0.2) is 27.1 Å². The molecule has 1 aromatic rings. The van der Waals surface area contributed by atoms with Crippen LogP contribution in [-0.4, -0.2) is 27.7 Å². The van der Waals surface area contributed by atoms with Crippen molar-refractivity contribution in [2.75, 3.05) is 11.5 Å². The summed E-state index contributed by atoms with van der Waals surface area (Å²) in [6, 6.07) is 5.62. The van der Waals surface area contributed by atoms with Crippen molar-refractivity contribution in [2.45, 2.75) is 18.9 Å². The second kappa shape index (κ2) is 6.30. The number of amides is 1. The molecule has 1 heterocycles. The van der Waals surface area contributed by atoms with Gasteiger partial charge >= 0.3 is 0 Å². The van der Waals surface area contributed by atoms with E-state index in [4.69, 9.17) is 0 Å². The molecule has 0 aromatic heterocycles. The topological polar surface area (TPSA) is 46.2 Å². The van der Waals surface area contributed by atoms with E-state index in [-0.39, 0.29) is 11.9 Å². The largest absolute Gasteiger partial charge is 0.349 e. The van der Waals surface area contributed by atoms with Gasteiger partial charge in [0.25, 0.3) is 5.91 Å². The van der Waals surface area contributed by atoms with E-state index in [0.29, 0.717) is 17.1 Å². The molecule has 1 amide bonds. The van der Waals surface area contributed by atoms with Crippen molar-refractivity contribution in [2.24, 2.45) is 0 Å². The van der Waals surface area contributed by atoms with E-state index in [1.54, 1.807) is 6.07 Å². The summed E-state index contributed by atoms with van der Waals surface area (Å²) < 4.78 is 12.9. The van der Waals surface area contributed by atoms with Crippen LogP contribution < -0.4 is 5.32 Å². The molecule has 18 heavy (non-hydrogen) atoms. The lowest BCUT2D eigenvalue weighted by Crippen LogP contribution is -2.39. The first-order valence-corrected chi connectivity index (χ1v) is 8.74. The summed E-state index contributed by atoms with van der Waals surface area (Å²) in [6.45, 7) is 0. The van der Waals surface area contributed by atoms with Gasteiger partial charge < -0.3 is 5.32 Å². The highest BCUT2D eigenvalue weighted by Crippen LogP contribution is 2.22.